The zero-order valence-corrected chi connectivity index (χ0v) is 14.4. The maximum absolute atomic E-state index is 12.7. The summed E-state index contributed by atoms with van der Waals surface area (Å²) in [6.07, 6.45) is 0. The van der Waals surface area contributed by atoms with Crippen LogP contribution in [0.3, 0.4) is 0 Å². The summed E-state index contributed by atoms with van der Waals surface area (Å²) in [5.41, 5.74) is 1.55. The molecular formula is C16H19N5O3S. The fourth-order valence-electron chi connectivity index (χ4n) is 3.25. The number of carbonyl (C=O) groups excluding carboxylic acids is 2. The van der Waals surface area contributed by atoms with Gasteiger partial charge in [0.25, 0.3) is 5.91 Å². The van der Waals surface area contributed by atoms with Gasteiger partial charge >= 0.3 is 5.69 Å². The molecule has 1 aromatic heterocycles. The third-order valence-electron chi connectivity index (χ3n) is 4.66. The molecule has 0 saturated carbocycles. The molecule has 2 aliphatic rings. The van der Waals surface area contributed by atoms with Crippen LogP contribution in [0.4, 0.5) is 0 Å². The van der Waals surface area contributed by atoms with E-state index in [0.29, 0.717) is 42.8 Å². The molecule has 2 aromatic rings. The molecule has 1 unspecified atom stereocenters. The van der Waals surface area contributed by atoms with Crippen molar-refractivity contribution in [1.29, 1.82) is 0 Å². The quantitative estimate of drug-likeness (QED) is 0.688. The average Bonchev–Trinajstić information content (AvgIpc) is 3.28. The summed E-state index contributed by atoms with van der Waals surface area (Å²) in [7, 11) is 0. The standard InChI is InChI=1S/C16H19N5O3S/c22-14(10-1-2-11-12(7-10)19-16(24)18-11)20-3-5-21(6-4-20)15(23)13-8-25-9-17-13/h1-2,7,13,17H,3-6,8-9H2,(H2,18,19,24). The molecule has 0 aliphatic carbocycles. The van der Waals surface area contributed by atoms with Crippen LogP contribution in [0.1, 0.15) is 10.4 Å². The summed E-state index contributed by atoms with van der Waals surface area (Å²) in [5, 5.41) is 3.19. The Bertz CT molecular complexity index is 862. The van der Waals surface area contributed by atoms with E-state index < -0.39 is 0 Å². The summed E-state index contributed by atoms with van der Waals surface area (Å²) >= 11 is 1.73. The van der Waals surface area contributed by atoms with Gasteiger partial charge in [-0.15, -0.1) is 11.8 Å². The highest BCUT2D eigenvalue weighted by Crippen LogP contribution is 2.16. The molecule has 3 N–H and O–H groups in total. The first kappa shape index (κ1) is 16.2. The van der Waals surface area contributed by atoms with Crippen LogP contribution >= 0.6 is 11.8 Å². The summed E-state index contributed by atoms with van der Waals surface area (Å²) in [4.78, 5) is 45.3. The number of aromatic amines is 2. The Kier molecular flexibility index (Phi) is 4.26. The van der Waals surface area contributed by atoms with Crippen molar-refractivity contribution in [3.05, 3.63) is 34.2 Å². The number of nitrogens with one attached hydrogen (secondary N) is 3. The molecule has 2 fully saturated rings. The topological polar surface area (TPSA) is 101 Å². The number of imidazole rings is 1. The minimum atomic E-state index is -0.287. The van der Waals surface area contributed by atoms with Crippen molar-refractivity contribution in [3.63, 3.8) is 0 Å². The molecule has 0 radical (unpaired) electrons. The lowest BCUT2D eigenvalue weighted by molar-refractivity contribution is -0.134. The second-order valence-corrected chi connectivity index (χ2v) is 7.26. The lowest BCUT2D eigenvalue weighted by atomic mass is 10.1. The van der Waals surface area contributed by atoms with Crippen molar-refractivity contribution in [3.8, 4) is 0 Å². The van der Waals surface area contributed by atoms with Crippen LogP contribution in [0, 0.1) is 0 Å². The van der Waals surface area contributed by atoms with Gasteiger partial charge in [0, 0.05) is 43.4 Å². The number of hydrogen-bond donors (Lipinski definition) is 3. The van der Waals surface area contributed by atoms with Gasteiger partial charge < -0.3 is 19.8 Å². The van der Waals surface area contributed by atoms with Crippen LogP contribution in [-0.2, 0) is 4.79 Å². The van der Waals surface area contributed by atoms with Gasteiger partial charge in [0.15, 0.2) is 0 Å². The number of nitrogens with zero attached hydrogens (tertiary/aromatic N) is 2. The number of aromatic nitrogens is 2. The highest BCUT2D eigenvalue weighted by atomic mass is 32.2. The minimum Gasteiger partial charge on any atom is -0.338 e. The van der Waals surface area contributed by atoms with Gasteiger partial charge in [-0.1, -0.05) is 0 Å². The van der Waals surface area contributed by atoms with Crippen LogP contribution < -0.4 is 11.0 Å². The Morgan fingerprint density at radius 3 is 2.48 bits per heavy atom. The summed E-state index contributed by atoms with van der Waals surface area (Å²) in [5.74, 6) is 1.68. The molecule has 2 saturated heterocycles. The number of H-pyrrole nitrogens is 2. The van der Waals surface area contributed by atoms with E-state index in [1.54, 1.807) is 34.9 Å². The number of amides is 2. The van der Waals surface area contributed by atoms with Crippen LogP contribution in [0.2, 0.25) is 0 Å². The number of hydrogen-bond acceptors (Lipinski definition) is 5. The first-order valence-electron chi connectivity index (χ1n) is 8.23. The molecule has 1 atom stereocenters. The molecule has 3 heterocycles. The average molecular weight is 361 g/mol. The third kappa shape index (κ3) is 3.16. The van der Waals surface area contributed by atoms with Crippen molar-refractivity contribution in [2.24, 2.45) is 0 Å². The van der Waals surface area contributed by atoms with E-state index in [1.807, 2.05) is 4.90 Å². The van der Waals surface area contributed by atoms with Gasteiger partial charge in [-0.05, 0) is 18.2 Å². The Labute approximate surface area is 147 Å². The van der Waals surface area contributed by atoms with Gasteiger partial charge in [0.05, 0.1) is 17.1 Å². The van der Waals surface area contributed by atoms with Crippen molar-refractivity contribution in [2.45, 2.75) is 6.04 Å². The van der Waals surface area contributed by atoms with Crippen LogP contribution in [0.15, 0.2) is 23.0 Å². The molecule has 4 rings (SSSR count). The number of thioether (sulfide) groups is 1. The summed E-state index contributed by atoms with van der Waals surface area (Å²) in [6, 6.07) is 5.03. The van der Waals surface area contributed by atoms with Crippen LogP contribution in [0.25, 0.3) is 11.0 Å². The molecule has 0 bridgehead atoms. The molecule has 2 aliphatic heterocycles. The van der Waals surface area contributed by atoms with Gasteiger partial charge in [0.2, 0.25) is 5.91 Å². The molecule has 132 valence electrons. The number of piperazine rings is 1. The van der Waals surface area contributed by atoms with Crippen molar-refractivity contribution >= 4 is 34.6 Å². The molecule has 9 heteroatoms. The second kappa shape index (κ2) is 6.57. The van der Waals surface area contributed by atoms with Gasteiger partial charge in [-0.25, -0.2) is 4.79 Å². The first-order valence-corrected chi connectivity index (χ1v) is 9.38. The lowest BCUT2D eigenvalue weighted by Crippen LogP contribution is -2.54. The molecule has 25 heavy (non-hydrogen) atoms. The van der Waals surface area contributed by atoms with Crippen LogP contribution in [-0.4, -0.2) is 75.4 Å². The maximum Gasteiger partial charge on any atom is 0.323 e. The zero-order chi connectivity index (χ0) is 17.4. The Morgan fingerprint density at radius 2 is 1.76 bits per heavy atom. The van der Waals surface area contributed by atoms with Gasteiger partial charge in [-0.3, -0.25) is 14.9 Å². The number of carbonyl (C=O) groups is 2. The summed E-state index contributed by atoms with van der Waals surface area (Å²) < 4.78 is 0. The SMILES string of the molecule is O=C(c1ccc2[nH]c(=O)[nH]c2c1)N1CCN(C(=O)C2CSCN2)CC1. The molecule has 1 aromatic carbocycles. The third-order valence-corrected chi connectivity index (χ3v) is 5.60. The normalized spacial score (nSPS) is 21.0. The van der Waals surface area contributed by atoms with E-state index in [0.717, 1.165) is 11.6 Å². The van der Waals surface area contributed by atoms with Crippen molar-refractivity contribution in [2.75, 3.05) is 37.8 Å². The number of benzene rings is 1. The van der Waals surface area contributed by atoms with Gasteiger partial charge in [0.1, 0.15) is 0 Å². The highest BCUT2D eigenvalue weighted by Gasteiger charge is 2.30. The number of rotatable bonds is 2. The van der Waals surface area contributed by atoms with E-state index in [2.05, 4.69) is 15.3 Å². The van der Waals surface area contributed by atoms with Gasteiger partial charge in [-0.2, -0.15) is 0 Å². The van der Waals surface area contributed by atoms with Crippen molar-refractivity contribution < 1.29 is 9.59 Å². The fraction of sp³-hybridized carbons (Fsp3) is 0.438. The summed E-state index contributed by atoms with van der Waals surface area (Å²) in [6.45, 7) is 2.14. The Balaban J connectivity index is 1.41. The molecule has 2 amide bonds. The second-order valence-electron chi connectivity index (χ2n) is 6.23. The molecule has 0 spiro atoms. The van der Waals surface area contributed by atoms with E-state index in [9.17, 15) is 14.4 Å². The Hall–Kier alpha value is -2.26. The van der Waals surface area contributed by atoms with Crippen LogP contribution in [0.5, 0.6) is 0 Å². The fourth-order valence-corrected chi connectivity index (χ4v) is 4.19. The molecule has 8 nitrogen and oxygen atoms in total. The zero-order valence-electron chi connectivity index (χ0n) is 13.6. The van der Waals surface area contributed by atoms with E-state index in [4.69, 9.17) is 0 Å². The van der Waals surface area contributed by atoms with E-state index in [1.165, 1.54) is 0 Å². The number of fused-ring (bicyclic) bond motifs is 1. The monoisotopic (exact) mass is 361 g/mol. The van der Waals surface area contributed by atoms with Crippen molar-refractivity contribution in [1.82, 2.24) is 25.1 Å². The predicted molar refractivity (Wildman–Crippen MR) is 95.7 cm³/mol. The first-order chi connectivity index (χ1) is 12.1. The smallest absolute Gasteiger partial charge is 0.323 e. The minimum absolute atomic E-state index is 0.0782. The largest absolute Gasteiger partial charge is 0.338 e. The predicted octanol–water partition coefficient (Wildman–Crippen LogP) is -0.197. The van der Waals surface area contributed by atoms with E-state index >= 15 is 0 Å². The Morgan fingerprint density at radius 1 is 1.04 bits per heavy atom. The maximum atomic E-state index is 12.7. The lowest BCUT2D eigenvalue weighted by Gasteiger charge is -2.36. The molecular weight excluding hydrogens is 342 g/mol. The van der Waals surface area contributed by atoms with E-state index in [-0.39, 0.29) is 23.5 Å². The highest BCUT2D eigenvalue weighted by molar-refractivity contribution is 7.99.